The minimum atomic E-state index is -0.276. The van der Waals surface area contributed by atoms with Gasteiger partial charge < -0.3 is 0 Å². The number of hydrogen-bond donors (Lipinski definition) is 1. The van der Waals surface area contributed by atoms with Crippen LogP contribution in [0, 0.1) is 0 Å². The molecule has 0 saturated carbocycles. The molecular weight excluding hydrogens is 300 g/mol. The molecule has 1 aromatic rings. The Hall–Kier alpha value is 0.559. The maximum absolute atomic E-state index is 5.55. The van der Waals surface area contributed by atoms with Crippen LogP contribution in [-0.2, 0) is 6.54 Å². The van der Waals surface area contributed by atoms with Crippen LogP contribution in [0.15, 0.2) is 24.3 Å². The van der Waals surface area contributed by atoms with Gasteiger partial charge in [0.2, 0.25) is 0 Å². The van der Waals surface area contributed by atoms with Gasteiger partial charge in [0.1, 0.15) is 0 Å². The Bertz CT molecular complexity index is 195. The average molecular weight is 313 g/mol. The summed E-state index contributed by atoms with van der Waals surface area (Å²) in [5.41, 5.74) is 6.90. The van der Waals surface area contributed by atoms with Gasteiger partial charge in [-0.25, -0.2) is 0 Å². The van der Waals surface area contributed by atoms with Crippen molar-refractivity contribution in [2.75, 3.05) is 0 Å². The van der Waals surface area contributed by atoms with E-state index in [0.717, 1.165) is 0 Å². The first-order valence-electron chi connectivity index (χ1n) is 3.34. The molecule has 0 aliphatic carbocycles. The third-order valence-corrected chi connectivity index (χ3v) is 4.44. The van der Waals surface area contributed by atoms with Crippen LogP contribution in [0.25, 0.3) is 0 Å². The van der Waals surface area contributed by atoms with Gasteiger partial charge >= 0.3 is 71.8 Å². The molecule has 0 unspecified atom stereocenters. The number of rotatable bonds is 2. The Morgan fingerprint density at radius 1 is 1.25 bits per heavy atom. The first-order valence-corrected chi connectivity index (χ1v) is 7.62. The zero-order chi connectivity index (χ0) is 7.40. The van der Waals surface area contributed by atoms with Crippen LogP contribution in [0.1, 0.15) is 5.56 Å². The SMILES string of the molecule is Cl.Cl.[CH3][Sn][c]1ccccc1CN. The topological polar surface area (TPSA) is 26.0 Å². The summed E-state index contributed by atoms with van der Waals surface area (Å²) >= 11 is -0.276. The molecule has 2 radical (unpaired) electrons. The molecule has 0 saturated heterocycles. The zero-order valence-corrected chi connectivity index (χ0v) is 11.4. The fourth-order valence-electron chi connectivity index (χ4n) is 0.942. The second-order valence-electron chi connectivity index (χ2n) is 2.11. The van der Waals surface area contributed by atoms with E-state index >= 15 is 0 Å². The van der Waals surface area contributed by atoms with Gasteiger partial charge in [0, 0.05) is 0 Å². The Morgan fingerprint density at radius 3 is 2.25 bits per heavy atom. The van der Waals surface area contributed by atoms with Gasteiger partial charge in [-0.05, 0) is 0 Å². The van der Waals surface area contributed by atoms with E-state index in [2.05, 4.69) is 29.2 Å². The quantitative estimate of drug-likeness (QED) is 0.820. The second kappa shape index (κ2) is 8.17. The molecule has 0 bridgehead atoms. The monoisotopic (exact) mass is 313 g/mol. The Morgan fingerprint density at radius 2 is 1.83 bits per heavy atom. The van der Waals surface area contributed by atoms with E-state index < -0.39 is 0 Å². The molecule has 0 aliphatic rings. The predicted octanol–water partition coefficient (Wildman–Crippen LogP) is 1.37. The summed E-state index contributed by atoms with van der Waals surface area (Å²) in [5.74, 6) is 0. The molecule has 12 heavy (non-hydrogen) atoms. The van der Waals surface area contributed by atoms with Gasteiger partial charge in [-0.1, -0.05) is 0 Å². The number of halogens is 2. The Labute approximate surface area is 96.2 Å². The van der Waals surface area contributed by atoms with Crippen LogP contribution < -0.4 is 9.31 Å². The summed E-state index contributed by atoms with van der Waals surface area (Å²) in [5, 5.41) is 0. The Balaban J connectivity index is 0. The normalized spacial score (nSPS) is 8.17. The van der Waals surface area contributed by atoms with Crippen molar-refractivity contribution < 1.29 is 0 Å². The van der Waals surface area contributed by atoms with Crippen LogP contribution >= 0.6 is 24.8 Å². The first-order chi connectivity index (χ1) is 4.88. The van der Waals surface area contributed by atoms with E-state index in [1.807, 2.05) is 0 Å². The van der Waals surface area contributed by atoms with Gasteiger partial charge in [-0.15, -0.1) is 24.8 Å². The van der Waals surface area contributed by atoms with Crippen molar-refractivity contribution in [3.8, 4) is 0 Å². The first kappa shape index (κ1) is 15.1. The van der Waals surface area contributed by atoms with Crippen LogP contribution in [0.4, 0.5) is 0 Å². The molecule has 1 aromatic carbocycles. The fraction of sp³-hybridized carbons (Fsp3) is 0.250. The molecule has 1 rings (SSSR count). The molecule has 0 amide bonds. The second-order valence-corrected chi connectivity index (χ2v) is 5.08. The summed E-state index contributed by atoms with van der Waals surface area (Å²) in [4.78, 5) is 2.32. The van der Waals surface area contributed by atoms with E-state index in [0.29, 0.717) is 6.54 Å². The van der Waals surface area contributed by atoms with Crippen LogP contribution in [0.5, 0.6) is 0 Å². The van der Waals surface area contributed by atoms with Crippen LogP contribution in [0.2, 0.25) is 4.94 Å². The third kappa shape index (κ3) is 3.99. The average Bonchev–Trinajstić information content (AvgIpc) is 2.04. The van der Waals surface area contributed by atoms with Gasteiger partial charge in [0.15, 0.2) is 0 Å². The molecule has 0 spiro atoms. The number of hydrogen-bond acceptors (Lipinski definition) is 1. The van der Waals surface area contributed by atoms with Crippen molar-refractivity contribution >= 4 is 49.5 Å². The number of nitrogens with two attached hydrogens (primary N) is 1. The molecular formula is C8H13Cl2NSn. The molecule has 0 aliphatic heterocycles. The van der Waals surface area contributed by atoms with E-state index in [9.17, 15) is 0 Å². The molecule has 68 valence electrons. The van der Waals surface area contributed by atoms with Gasteiger partial charge in [-0.3, -0.25) is 0 Å². The van der Waals surface area contributed by atoms with Crippen LogP contribution in [-0.4, -0.2) is 21.1 Å². The summed E-state index contributed by atoms with van der Waals surface area (Å²) in [6, 6.07) is 8.48. The molecule has 1 nitrogen and oxygen atoms in total. The standard InChI is InChI=1S/C7H8N.CH3.2ClH.Sn/c8-6-7-4-2-1-3-5-7;;;;/h1-4H,6,8H2;1H3;2*1H;. The van der Waals surface area contributed by atoms with Crippen LogP contribution in [0.3, 0.4) is 0 Å². The van der Waals surface area contributed by atoms with Gasteiger partial charge in [0.05, 0.1) is 0 Å². The fourth-order valence-corrected chi connectivity index (χ4v) is 3.14. The summed E-state index contributed by atoms with van der Waals surface area (Å²) < 4.78 is 1.54. The van der Waals surface area contributed by atoms with Crippen molar-refractivity contribution in [2.45, 2.75) is 11.5 Å². The van der Waals surface area contributed by atoms with Crippen molar-refractivity contribution in [2.24, 2.45) is 5.73 Å². The zero-order valence-electron chi connectivity index (χ0n) is 6.91. The molecule has 0 aromatic heterocycles. The van der Waals surface area contributed by atoms with E-state index in [1.54, 1.807) is 0 Å². The molecule has 2 N–H and O–H groups in total. The molecule has 0 fully saturated rings. The third-order valence-electron chi connectivity index (χ3n) is 1.51. The molecule has 0 atom stereocenters. The summed E-state index contributed by atoms with van der Waals surface area (Å²) in [6.07, 6.45) is 0. The van der Waals surface area contributed by atoms with Crippen molar-refractivity contribution in [1.82, 2.24) is 0 Å². The predicted molar refractivity (Wildman–Crippen MR) is 60.1 cm³/mol. The van der Waals surface area contributed by atoms with Crippen molar-refractivity contribution in [3.05, 3.63) is 29.8 Å². The van der Waals surface area contributed by atoms with Gasteiger partial charge in [-0.2, -0.15) is 0 Å². The Kier molecular flexibility index (Phi) is 10.2. The number of benzene rings is 1. The minimum absolute atomic E-state index is 0. The maximum atomic E-state index is 5.55. The van der Waals surface area contributed by atoms with Crippen molar-refractivity contribution in [1.29, 1.82) is 0 Å². The van der Waals surface area contributed by atoms with E-state index in [4.69, 9.17) is 5.73 Å². The van der Waals surface area contributed by atoms with E-state index in [-0.39, 0.29) is 46.0 Å². The van der Waals surface area contributed by atoms with Gasteiger partial charge in [0.25, 0.3) is 0 Å². The molecule has 0 heterocycles. The summed E-state index contributed by atoms with van der Waals surface area (Å²) in [6.45, 7) is 0.699. The molecule has 4 heteroatoms. The van der Waals surface area contributed by atoms with Crippen molar-refractivity contribution in [3.63, 3.8) is 0 Å². The summed E-state index contributed by atoms with van der Waals surface area (Å²) in [7, 11) is 0. The van der Waals surface area contributed by atoms with E-state index in [1.165, 1.54) is 9.14 Å².